The van der Waals surface area contributed by atoms with Crippen LogP contribution in [-0.4, -0.2) is 46.7 Å². The van der Waals surface area contributed by atoms with E-state index in [0.717, 1.165) is 0 Å². The molecular formula is C15H28N2O5. The molecule has 1 rings (SSSR count). The van der Waals surface area contributed by atoms with Gasteiger partial charge < -0.3 is 25.2 Å². The van der Waals surface area contributed by atoms with E-state index >= 15 is 0 Å². The van der Waals surface area contributed by atoms with Crippen LogP contribution in [0.25, 0.3) is 0 Å². The van der Waals surface area contributed by atoms with Crippen molar-refractivity contribution in [3.8, 4) is 0 Å². The van der Waals surface area contributed by atoms with Crippen molar-refractivity contribution in [2.75, 3.05) is 0 Å². The van der Waals surface area contributed by atoms with Gasteiger partial charge in [-0.3, -0.25) is 0 Å². The average molecular weight is 316 g/mol. The molecule has 0 aliphatic heterocycles. The zero-order valence-electron chi connectivity index (χ0n) is 14.2. The highest BCUT2D eigenvalue weighted by Crippen LogP contribution is 2.21. The first-order chi connectivity index (χ1) is 9.85. The molecule has 0 aromatic rings. The number of amides is 2. The Hall–Kier alpha value is -1.50. The van der Waals surface area contributed by atoms with Crippen LogP contribution in [0.1, 0.15) is 54.4 Å². The smallest absolute Gasteiger partial charge is 0.407 e. The first-order valence-corrected chi connectivity index (χ1v) is 7.53. The zero-order chi connectivity index (χ0) is 17.1. The molecule has 2 amide bonds. The quantitative estimate of drug-likeness (QED) is 0.723. The van der Waals surface area contributed by atoms with Gasteiger partial charge in [-0.25, -0.2) is 9.59 Å². The van der Waals surface area contributed by atoms with E-state index in [0.29, 0.717) is 12.8 Å². The fourth-order valence-electron chi connectivity index (χ4n) is 2.25. The monoisotopic (exact) mass is 316 g/mol. The Morgan fingerprint density at radius 1 is 0.864 bits per heavy atom. The van der Waals surface area contributed by atoms with Crippen molar-refractivity contribution in [1.82, 2.24) is 10.6 Å². The minimum atomic E-state index is -0.602. The van der Waals surface area contributed by atoms with Gasteiger partial charge in [0.2, 0.25) is 0 Å². The maximum Gasteiger partial charge on any atom is 0.407 e. The van der Waals surface area contributed by atoms with Crippen molar-refractivity contribution in [2.24, 2.45) is 0 Å². The van der Waals surface area contributed by atoms with Gasteiger partial charge >= 0.3 is 12.2 Å². The van der Waals surface area contributed by atoms with Crippen molar-refractivity contribution in [3.63, 3.8) is 0 Å². The summed E-state index contributed by atoms with van der Waals surface area (Å²) in [6.07, 6.45) is -0.996. The summed E-state index contributed by atoms with van der Waals surface area (Å²) < 4.78 is 10.4. The molecule has 3 N–H and O–H groups in total. The first-order valence-electron chi connectivity index (χ1n) is 7.53. The molecule has 0 saturated heterocycles. The maximum absolute atomic E-state index is 11.8. The molecule has 0 radical (unpaired) electrons. The van der Waals surface area contributed by atoms with E-state index in [9.17, 15) is 14.7 Å². The number of rotatable bonds is 2. The predicted molar refractivity (Wildman–Crippen MR) is 81.6 cm³/mol. The van der Waals surface area contributed by atoms with Gasteiger partial charge in [0.15, 0.2) is 0 Å². The lowest BCUT2D eigenvalue weighted by atomic mass is 10.1. The van der Waals surface area contributed by atoms with Gasteiger partial charge in [0.25, 0.3) is 0 Å². The predicted octanol–water partition coefficient (Wildman–Crippen LogP) is 1.93. The summed E-state index contributed by atoms with van der Waals surface area (Å²) in [6.45, 7) is 10.6. The average Bonchev–Trinajstić information content (AvgIpc) is 2.52. The number of aliphatic hydroxyl groups excluding tert-OH is 1. The summed E-state index contributed by atoms with van der Waals surface area (Å²) in [5.74, 6) is 0. The fourth-order valence-corrected chi connectivity index (χ4v) is 2.25. The number of alkyl carbamates (subject to hydrolysis) is 2. The normalized spacial score (nSPS) is 25.5. The number of carbonyl (C=O) groups excluding carboxylic acids is 2. The summed E-state index contributed by atoms with van der Waals surface area (Å²) >= 11 is 0. The van der Waals surface area contributed by atoms with E-state index in [2.05, 4.69) is 10.6 Å². The van der Waals surface area contributed by atoms with Crippen LogP contribution >= 0.6 is 0 Å². The van der Waals surface area contributed by atoms with E-state index in [1.807, 2.05) is 0 Å². The zero-order valence-corrected chi connectivity index (χ0v) is 14.2. The first kappa shape index (κ1) is 18.5. The number of carbonyl (C=O) groups is 2. The van der Waals surface area contributed by atoms with Crippen LogP contribution in [0.5, 0.6) is 0 Å². The molecule has 0 heterocycles. The van der Waals surface area contributed by atoms with Crippen LogP contribution in [0.15, 0.2) is 0 Å². The summed E-state index contributed by atoms with van der Waals surface area (Å²) in [5, 5.41) is 15.2. The van der Waals surface area contributed by atoms with Crippen LogP contribution in [0.4, 0.5) is 9.59 Å². The molecule has 0 spiro atoms. The van der Waals surface area contributed by atoms with Gasteiger partial charge in [0, 0.05) is 0 Å². The lowest BCUT2D eigenvalue weighted by Crippen LogP contribution is -2.50. The van der Waals surface area contributed by atoms with Crippen LogP contribution in [0, 0.1) is 0 Å². The molecule has 0 aromatic heterocycles. The van der Waals surface area contributed by atoms with Crippen molar-refractivity contribution in [2.45, 2.75) is 83.8 Å². The Morgan fingerprint density at radius 2 is 1.18 bits per heavy atom. The lowest BCUT2D eigenvalue weighted by molar-refractivity contribution is 0.0441. The van der Waals surface area contributed by atoms with Gasteiger partial charge in [-0.2, -0.15) is 0 Å². The van der Waals surface area contributed by atoms with Gasteiger partial charge in [-0.15, -0.1) is 0 Å². The van der Waals surface area contributed by atoms with Gasteiger partial charge in [-0.1, -0.05) is 0 Å². The molecule has 22 heavy (non-hydrogen) atoms. The third-order valence-corrected chi connectivity index (χ3v) is 2.94. The number of nitrogens with one attached hydrogen (secondary N) is 2. The highest BCUT2D eigenvalue weighted by Gasteiger charge is 2.37. The summed E-state index contributed by atoms with van der Waals surface area (Å²) in [7, 11) is 0. The van der Waals surface area contributed by atoms with Gasteiger partial charge in [0.05, 0.1) is 18.2 Å². The van der Waals surface area contributed by atoms with Gasteiger partial charge in [0.1, 0.15) is 11.2 Å². The molecule has 0 unspecified atom stereocenters. The third-order valence-electron chi connectivity index (χ3n) is 2.94. The van der Waals surface area contributed by atoms with Gasteiger partial charge in [-0.05, 0) is 54.4 Å². The van der Waals surface area contributed by atoms with Crippen LogP contribution in [-0.2, 0) is 9.47 Å². The molecule has 3 atom stereocenters. The molecular weight excluding hydrogens is 288 g/mol. The molecule has 1 aliphatic rings. The van der Waals surface area contributed by atoms with Crippen molar-refractivity contribution < 1.29 is 24.2 Å². The Labute approximate surface area is 131 Å². The largest absolute Gasteiger partial charge is 0.444 e. The number of aliphatic hydroxyl groups is 1. The molecule has 1 saturated carbocycles. The topological polar surface area (TPSA) is 96.9 Å². The second-order valence-corrected chi connectivity index (χ2v) is 7.63. The Kier molecular flexibility index (Phi) is 5.67. The molecule has 128 valence electrons. The molecule has 1 aliphatic carbocycles. The minimum Gasteiger partial charge on any atom is -0.444 e. The highest BCUT2D eigenvalue weighted by molar-refractivity contribution is 5.70. The van der Waals surface area contributed by atoms with Crippen molar-refractivity contribution in [1.29, 1.82) is 0 Å². The maximum atomic E-state index is 11.8. The van der Waals surface area contributed by atoms with E-state index in [4.69, 9.17) is 9.47 Å². The standard InChI is InChI=1S/C15H28N2O5/c1-14(2,3)21-12(19)16-10-7-9(18)8-11(10)17-13(20)22-15(4,5)6/h9-11,18H,7-8H2,1-6H3,(H,16,19)(H,17,20)/t9-,10-,11+. The Morgan fingerprint density at radius 3 is 1.45 bits per heavy atom. The minimum absolute atomic E-state index is 0.361. The van der Waals surface area contributed by atoms with Crippen LogP contribution < -0.4 is 10.6 Å². The molecule has 7 nitrogen and oxygen atoms in total. The molecule has 1 fully saturated rings. The lowest BCUT2D eigenvalue weighted by Gasteiger charge is -2.26. The molecule has 0 bridgehead atoms. The summed E-state index contributed by atoms with van der Waals surface area (Å²) in [4.78, 5) is 23.6. The van der Waals surface area contributed by atoms with Crippen molar-refractivity contribution in [3.05, 3.63) is 0 Å². The van der Waals surface area contributed by atoms with Crippen LogP contribution in [0.3, 0.4) is 0 Å². The second kappa shape index (κ2) is 6.73. The third kappa shape index (κ3) is 6.98. The number of hydrogen-bond donors (Lipinski definition) is 3. The van der Waals surface area contributed by atoms with E-state index in [-0.39, 0.29) is 0 Å². The fraction of sp³-hybridized carbons (Fsp3) is 0.867. The van der Waals surface area contributed by atoms with E-state index in [1.54, 1.807) is 41.5 Å². The Bertz CT molecular complexity index is 373. The molecule has 0 aromatic carbocycles. The van der Waals surface area contributed by atoms with E-state index in [1.165, 1.54) is 0 Å². The molecule has 7 heteroatoms. The van der Waals surface area contributed by atoms with Crippen molar-refractivity contribution >= 4 is 12.2 Å². The second-order valence-electron chi connectivity index (χ2n) is 7.63. The van der Waals surface area contributed by atoms with E-state index < -0.39 is 41.6 Å². The van der Waals surface area contributed by atoms with Crippen LogP contribution in [0.2, 0.25) is 0 Å². The Balaban J connectivity index is 2.58. The summed E-state index contributed by atoms with van der Waals surface area (Å²) in [5.41, 5.74) is -1.20. The highest BCUT2D eigenvalue weighted by atomic mass is 16.6. The SMILES string of the molecule is CC(C)(C)OC(=O)N[C@H]1C[C@H](O)C[C@H]1NC(=O)OC(C)(C)C. The summed E-state index contributed by atoms with van der Waals surface area (Å²) in [6, 6.07) is -0.783. The number of hydrogen-bond acceptors (Lipinski definition) is 5. The number of ether oxygens (including phenoxy) is 2.